The van der Waals surface area contributed by atoms with Crippen molar-refractivity contribution in [3.8, 4) is 0 Å². The van der Waals surface area contributed by atoms with Gasteiger partial charge in [0.15, 0.2) is 0 Å². The molecule has 1 aromatic rings. The van der Waals surface area contributed by atoms with Crippen molar-refractivity contribution in [2.24, 2.45) is 0 Å². The zero-order valence-corrected chi connectivity index (χ0v) is 13.2. The van der Waals surface area contributed by atoms with Gasteiger partial charge in [0.05, 0.1) is 17.6 Å². The molecule has 2 rings (SSSR count). The van der Waals surface area contributed by atoms with Crippen molar-refractivity contribution in [2.45, 2.75) is 30.9 Å². The van der Waals surface area contributed by atoms with Gasteiger partial charge in [-0.2, -0.15) is 4.31 Å². The molecule has 1 heterocycles. The zero-order chi connectivity index (χ0) is 15.6. The maximum atomic E-state index is 12.7. The first-order chi connectivity index (χ1) is 9.86. The number of nitrogens with zero attached hydrogens (tertiary/aromatic N) is 1. The number of rotatable bonds is 3. The van der Waals surface area contributed by atoms with Crippen LogP contribution in [-0.2, 0) is 14.8 Å². The Morgan fingerprint density at radius 3 is 2.48 bits per heavy atom. The third-order valence-corrected chi connectivity index (χ3v) is 5.50. The van der Waals surface area contributed by atoms with E-state index in [1.165, 1.54) is 35.6 Å². The van der Waals surface area contributed by atoms with Crippen molar-refractivity contribution < 1.29 is 17.9 Å². The van der Waals surface area contributed by atoms with Crippen LogP contribution >= 0.6 is 0 Å². The van der Waals surface area contributed by atoms with Gasteiger partial charge in [-0.3, -0.25) is 4.79 Å². The zero-order valence-electron chi connectivity index (χ0n) is 12.4. The summed E-state index contributed by atoms with van der Waals surface area (Å²) in [5, 5.41) is 2.50. The van der Waals surface area contributed by atoms with Crippen LogP contribution in [0.5, 0.6) is 0 Å². The molecular weight excluding hydrogens is 292 g/mol. The average molecular weight is 312 g/mol. The van der Waals surface area contributed by atoms with E-state index >= 15 is 0 Å². The molecule has 0 unspecified atom stereocenters. The first-order valence-electron chi connectivity index (χ1n) is 6.82. The maximum absolute atomic E-state index is 12.7. The van der Waals surface area contributed by atoms with Gasteiger partial charge in [-0.15, -0.1) is 0 Å². The number of morpholine rings is 1. The second-order valence-corrected chi connectivity index (χ2v) is 7.06. The molecule has 1 aliphatic rings. The van der Waals surface area contributed by atoms with Crippen molar-refractivity contribution in [3.63, 3.8) is 0 Å². The average Bonchev–Trinajstić information content (AvgIpc) is 2.49. The number of hydrogen-bond acceptors (Lipinski definition) is 4. The minimum absolute atomic E-state index is 0.124. The molecule has 0 saturated carbocycles. The molecule has 0 bridgehead atoms. The van der Waals surface area contributed by atoms with Crippen molar-refractivity contribution in [1.29, 1.82) is 0 Å². The molecule has 116 valence electrons. The SMILES string of the molecule is CNC(=O)c1ccc(S(=O)(=O)N2C[C@H](C)OC[C@@H]2C)cc1. The molecule has 1 N–H and O–H groups in total. The van der Waals surface area contributed by atoms with Crippen LogP contribution < -0.4 is 5.32 Å². The Balaban J connectivity index is 2.28. The number of carbonyl (C=O) groups is 1. The third kappa shape index (κ3) is 3.25. The van der Waals surface area contributed by atoms with E-state index in [0.29, 0.717) is 18.7 Å². The van der Waals surface area contributed by atoms with Crippen LogP contribution in [0.15, 0.2) is 29.2 Å². The van der Waals surface area contributed by atoms with Crippen molar-refractivity contribution in [1.82, 2.24) is 9.62 Å². The van der Waals surface area contributed by atoms with Gasteiger partial charge < -0.3 is 10.1 Å². The summed E-state index contributed by atoms with van der Waals surface area (Å²) in [5.74, 6) is -0.243. The van der Waals surface area contributed by atoms with Crippen molar-refractivity contribution in [3.05, 3.63) is 29.8 Å². The minimum Gasteiger partial charge on any atom is -0.375 e. The molecule has 1 aliphatic heterocycles. The predicted molar refractivity (Wildman–Crippen MR) is 78.6 cm³/mol. The van der Waals surface area contributed by atoms with Gasteiger partial charge in [-0.1, -0.05) is 0 Å². The predicted octanol–water partition coefficient (Wildman–Crippen LogP) is 0.844. The number of benzene rings is 1. The number of ether oxygens (including phenoxy) is 1. The van der Waals surface area contributed by atoms with Crippen LogP contribution in [0.1, 0.15) is 24.2 Å². The van der Waals surface area contributed by atoms with E-state index in [-0.39, 0.29) is 22.9 Å². The number of carbonyl (C=O) groups excluding carboxylic acids is 1. The second-order valence-electron chi connectivity index (χ2n) is 5.17. The molecule has 1 fully saturated rings. The lowest BCUT2D eigenvalue weighted by Crippen LogP contribution is -2.50. The highest BCUT2D eigenvalue weighted by molar-refractivity contribution is 7.89. The molecule has 7 heteroatoms. The van der Waals surface area contributed by atoms with Crippen LogP contribution in [0.4, 0.5) is 0 Å². The fraction of sp³-hybridized carbons (Fsp3) is 0.500. The summed E-state index contributed by atoms with van der Waals surface area (Å²) >= 11 is 0. The van der Waals surface area contributed by atoms with E-state index in [1.54, 1.807) is 0 Å². The van der Waals surface area contributed by atoms with Crippen LogP contribution in [0.25, 0.3) is 0 Å². The van der Waals surface area contributed by atoms with Crippen LogP contribution in [0.3, 0.4) is 0 Å². The summed E-state index contributed by atoms with van der Waals surface area (Å²) < 4.78 is 32.2. The summed E-state index contributed by atoms with van der Waals surface area (Å²) in [7, 11) is -2.04. The molecule has 0 aromatic heterocycles. The lowest BCUT2D eigenvalue weighted by molar-refractivity contribution is -0.0170. The molecule has 6 nitrogen and oxygen atoms in total. The highest BCUT2D eigenvalue weighted by Crippen LogP contribution is 2.22. The van der Waals surface area contributed by atoms with Crippen molar-refractivity contribution in [2.75, 3.05) is 20.2 Å². The van der Waals surface area contributed by atoms with Crippen LogP contribution in [-0.4, -0.2) is 51.0 Å². The highest BCUT2D eigenvalue weighted by atomic mass is 32.2. The first-order valence-corrected chi connectivity index (χ1v) is 8.26. The van der Waals surface area contributed by atoms with Crippen molar-refractivity contribution >= 4 is 15.9 Å². The number of sulfonamides is 1. The molecule has 0 radical (unpaired) electrons. The fourth-order valence-electron chi connectivity index (χ4n) is 2.27. The molecule has 1 amide bonds. The lowest BCUT2D eigenvalue weighted by atomic mass is 10.2. The van der Waals surface area contributed by atoms with Gasteiger partial charge >= 0.3 is 0 Å². The number of amides is 1. The molecule has 0 spiro atoms. The van der Waals surface area contributed by atoms with Gasteiger partial charge in [0.2, 0.25) is 10.0 Å². The van der Waals surface area contributed by atoms with E-state index in [1.807, 2.05) is 13.8 Å². The van der Waals surface area contributed by atoms with E-state index < -0.39 is 10.0 Å². The Kier molecular flexibility index (Phi) is 4.65. The Bertz CT molecular complexity index is 612. The summed E-state index contributed by atoms with van der Waals surface area (Å²) in [6.45, 7) is 4.39. The first kappa shape index (κ1) is 15.9. The topological polar surface area (TPSA) is 75.7 Å². The standard InChI is InChI=1S/C14H20N2O4S/c1-10-9-20-11(2)8-16(10)21(18,19)13-6-4-12(5-7-13)14(17)15-3/h4-7,10-11H,8-9H2,1-3H3,(H,15,17)/t10-,11-/m0/s1. The maximum Gasteiger partial charge on any atom is 0.251 e. The molecule has 2 atom stereocenters. The quantitative estimate of drug-likeness (QED) is 0.897. The Labute approximate surface area is 125 Å². The molecule has 0 aliphatic carbocycles. The minimum atomic E-state index is -3.57. The van der Waals surface area contributed by atoms with Gasteiger partial charge in [-0.25, -0.2) is 8.42 Å². The normalized spacial score (nSPS) is 23.8. The second kappa shape index (κ2) is 6.13. The van der Waals surface area contributed by atoms with Gasteiger partial charge in [-0.05, 0) is 38.1 Å². The summed E-state index contributed by atoms with van der Waals surface area (Å²) in [6.07, 6.45) is -0.124. The Morgan fingerprint density at radius 1 is 1.29 bits per heavy atom. The molecule has 1 saturated heterocycles. The highest BCUT2D eigenvalue weighted by Gasteiger charge is 2.34. The Morgan fingerprint density at radius 2 is 1.90 bits per heavy atom. The monoisotopic (exact) mass is 312 g/mol. The van der Waals surface area contributed by atoms with E-state index in [4.69, 9.17) is 4.74 Å². The van der Waals surface area contributed by atoms with E-state index in [0.717, 1.165) is 0 Å². The third-order valence-electron chi connectivity index (χ3n) is 3.50. The fourth-order valence-corrected chi connectivity index (χ4v) is 3.96. The van der Waals surface area contributed by atoms with Crippen LogP contribution in [0, 0.1) is 0 Å². The summed E-state index contributed by atoms with van der Waals surface area (Å²) in [6, 6.07) is 5.75. The largest absolute Gasteiger partial charge is 0.375 e. The molecular formula is C14H20N2O4S. The summed E-state index contributed by atoms with van der Waals surface area (Å²) in [5.41, 5.74) is 0.430. The van der Waals surface area contributed by atoms with Crippen LogP contribution in [0.2, 0.25) is 0 Å². The number of nitrogens with one attached hydrogen (secondary N) is 1. The number of hydrogen-bond donors (Lipinski definition) is 1. The Hall–Kier alpha value is -1.44. The van der Waals surface area contributed by atoms with E-state index in [9.17, 15) is 13.2 Å². The van der Waals surface area contributed by atoms with Gasteiger partial charge in [0.25, 0.3) is 5.91 Å². The molecule has 1 aromatic carbocycles. The van der Waals surface area contributed by atoms with Gasteiger partial charge in [0.1, 0.15) is 0 Å². The molecule has 21 heavy (non-hydrogen) atoms. The smallest absolute Gasteiger partial charge is 0.251 e. The summed E-state index contributed by atoms with van der Waals surface area (Å²) in [4.78, 5) is 11.7. The lowest BCUT2D eigenvalue weighted by Gasteiger charge is -2.35. The van der Waals surface area contributed by atoms with E-state index in [2.05, 4.69) is 5.32 Å². The van der Waals surface area contributed by atoms with Gasteiger partial charge in [0, 0.05) is 25.2 Å².